The molecule has 5 aliphatic rings. The summed E-state index contributed by atoms with van der Waals surface area (Å²) in [7, 11) is 2.19. The van der Waals surface area contributed by atoms with E-state index < -0.39 is 0 Å². The number of benzene rings is 1. The van der Waals surface area contributed by atoms with Crippen molar-refractivity contribution >= 4 is 40.9 Å². The number of likely N-dealkylation sites (N-methyl/N-ethyl adjacent to an activating group) is 1. The molecule has 0 amide bonds. The zero-order chi connectivity index (χ0) is 32.5. The van der Waals surface area contributed by atoms with Crippen LogP contribution < -0.4 is 16.0 Å². The van der Waals surface area contributed by atoms with E-state index in [-0.39, 0.29) is 5.54 Å². The van der Waals surface area contributed by atoms with E-state index >= 15 is 0 Å². The maximum absolute atomic E-state index is 8.07. The Labute approximate surface area is 280 Å². The van der Waals surface area contributed by atoms with Gasteiger partial charge < -0.3 is 31.0 Å². The van der Waals surface area contributed by atoms with Crippen molar-refractivity contribution in [2.75, 3.05) is 76.7 Å². The highest BCUT2D eigenvalue weighted by atomic mass is 35.5. The van der Waals surface area contributed by atoms with Gasteiger partial charge in [-0.15, -0.1) is 0 Å². The van der Waals surface area contributed by atoms with Crippen molar-refractivity contribution in [1.82, 2.24) is 24.9 Å². The van der Waals surface area contributed by atoms with Crippen LogP contribution in [-0.2, 0) is 4.74 Å². The molecule has 7 rings (SSSR count). The molecule has 0 atom stereocenters. The number of nitrogen functional groups attached to an aromatic ring is 1. The van der Waals surface area contributed by atoms with Gasteiger partial charge in [0.05, 0.1) is 35.3 Å². The van der Waals surface area contributed by atoms with Crippen LogP contribution >= 0.6 is 23.2 Å². The Hall–Kier alpha value is -1.88. The molecule has 4 saturated heterocycles. The van der Waals surface area contributed by atoms with Gasteiger partial charge in [0, 0.05) is 85.6 Å². The summed E-state index contributed by atoms with van der Waals surface area (Å²) in [5.74, 6) is 0.937. The Balaban J connectivity index is 0.000000257. The average molecular weight is 662 g/mol. The highest BCUT2D eigenvalue weighted by molar-refractivity contribution is 6.44. The standard InChI is InChI=1S/C24H32Cl2N6.C8H16N2O.C2H6/c1-14-19(20-16(11-27)18(28)8-17(25)21(20)26)22(31-7-5-4-6-23(31,2)3)30-32(14)15-9-24(10-15)12-29-13-24;1-9-2-4-10(5-3-9)8-6-11-7-8;1-2/h8,11,15,27,29H,4-7,9-10,12-13,28H2,1-3H3;8H,2-7H2,1H3;1-2H3. The van der Waals surface area contributed by atoms with Crippen LogP contribution in [0.3, 0.4) is 0 Å². The molecule has 1 aromatic carbocycles. The maximum Gasteiger partial charge on any atom is 0.159 e. The average Bonchev–Trinajstić information content (AvgIpc) is 3.26. The van der Waals surface area contributed by atoms with Crippen molar-refractivity contribution in [2.45, 2.75) is 84.3 Å². The molecule has 1 spiro atoms. The monoisotopic (exact) mass is 660 g/mol. The molecule has 1 aliphatic carbocycles. The number of nitrogens with zero attached hydrogens (tertiary/aromatic N) is 5. The topological polar surface area (TPSA) is 98.7 Å². The van der Waals surface area contributed by atoms with Crippen molar-refractivity contribution < 1.29 is 4.74 Å². The van der Waals surface area contributed by atoms with Gasteiger partial charge in [-0.3, -0.25) is 9.58 Å². The molecule has 5 heterocycles. The van der Waals surface area contributed by atoms with Crippen LogP contribution in [0.5, 0.6) is 0 Å². The SMILES string of the molecule is CC.CN1CCN(C2COC2)CC1.Cc1c(-c2c(Cl)c(Cl)cc(N)c2C=N)c(N2CCCCC2(C)C)nn1C1CC2(CNC2)C1. The number of hydrogen-bond acceptors (Lipinski definition) is 8. The van der Waals surface area contributed by atoms with Crippen LogP contribution in [0.4, 0.5) is 11.5 Å². The number of piperazine rings is 1. The normalized spacial score (nSPS) is 23.2. The molecule has 1 saturated carbocycles. The zero-order valence-corrected chi connectivity index (χ0v) is 29.7. The molecule has 4 N–H and O–H groups in total. The van der Waals surface area contributed by atoms with Gasteiger partial charge in [0.25, 0.3) is 0 Å². The number of halogens is 2. The number of nitrogens with two attached hydrogens (primary N) is 1. The first-order valence-electron chi connectivity index (χ1n) is 16.9. The zero-order valence-electron chi connectivity index (χ0n) is 28.2. The second kappa shape index (κ2) is 14.1. The smallest absolute Gasteiger partial charge is 0.159 e. The van der Waals surface area contributed by atoms with Crippen LogP contribution in [0.2, 0.25) is 10.0 Å². The van der Waals surface area contributed by atoms with Gasteiger partial charge in [0.15, 0.2) is 5.82 Å². The molecular formula is C34H54Cl2N8O. The van der Waals surface area contributed by atoms with Gasteiger partial charge in [-0.25, -0.2) is 0 Å². The van der Waals surface area contributed by atoms with Crippen molar-refractivity contribution in [1.29, 1.82) is 5.41 Å². The number of ether oxygens (including phenoxy) is 1. The minimum atomic E-state index is -0.0151. The molecule has 9 nitrogen and oxygen atoms in total. The molecule has 4 aliphatic heterocycles. The first kappa shape index (κ1) is 34.5. The minimum Gasteiger partial charge on any atom is -0.398 e. The van der Waals surface area contributed by atoms with E-state index in [2.05, 4.69) is 52.5 Å². The third kappa shape index (κ3) is 6.76. The van der Waals surface area contributed by atoms with Crippen molar-refractivity contribution in [3.8, 4) is 11.1 Å². The summed E-state index contributed by atoms with van der Waals surface area (Å²) >= 11 is 13.3. The lowest BCUT2D eigenvalue weighted by Crippen LogP contribution is -2.60. The van der Waals surface area contributed by atoms with E-state index in [4.69, 9.17) is 44.2 Å². The number of anilines is 2. The summed E-state index contributed by atoms with van der Waals surface area (Å²) in [5.41, 5.74) is 10.6. The Morgan fingerprint density at radius 3 is 2.22 bits per heavy atom. The number of hydrogen-bond donors (Lipinski definition) is 3. The predicted octanol–water partition coefficient (Wildman–Crippen LogP) is 6.10. The molecule has 5 fully saturated rings. The van der Waals surface area contributed by atoms with Crippen molar-refractivity contribution in [2.24, 2.45) is 5.41 Å². The van der Waals surface area contributed by atoms with Crippen LogP contribution in [0, 0.1) is 17.7 Å². The Morgan fingerprint density at radius 1 is 1.02 bits per heavy atom. The molecule has 1 aromatic heterocycles. The quantitative estimate of drug-likeness (QED) is 0.263. The summed E-state index contributed by atoms with van der Waals surface area (Å²) in [5, 5.41) is 17.6. The molecule has 0 bridgehead atoms. The van der Waals surface area contributed by atoms with Gasteiger partial charge in [-0.05, 0) is 71.4 Å². The number of rotatable bonds is 5. The summed E-state index contributed by atoms with van der Waals surface area (Å²) in [6, 6.07) is 2.76. The second-order valence-corrected chi connectivity index (χ2v) is 14.8. The largest absolute Gasteiger partial charge is 0.398 e. The fourth-order valence-electron chi connectivity index (χ4n) is 7.56. The first-order chi connectivity index (χ1) is 21.5. The third-order valence-electron chi connectivity index (χ3n) is 10.6. The van der Waals surface area contributed by atoms with Crippen LogP contribution in [0.15, 0.2) is 6.07 Å². The lowest BCUT2D eigenvalue weighted by Gasteiger charge is -2.54. The summed E-state index contributed by atoms with van der Waals surface area (Å²) < 4.78 is 7.37. The van der Waals surface area contributed by atoms with E-state index in [1.54, 1.807) is 6.07 Å². The summed E-state index contributed by atoms with van der Waals surface area (Å²) in [4.78, 5) is 7.36. The fraction of sp³-hybridized carbons (Fsp3) is 0.706. The van der Waals surface area contributed by atoms with Crippen LogP contribution in [0.25, 0.3) is 11.1 Å². The second-order valence-electron chi connectivity index (χ2n) is 14.0. The van der Waals surface area contributed by atoms with Crippen molar-refractivity contribution in [3.63, 3.8) is 0 Å². The van der Waals surface area contributed by atoms with Gasteiger partial charge in [0.2, 0.25) is 0 Å². The van der Waals surface area contributed by atoms with Gasteiger partial charge >= 0.3 is 0 Å². The van der Waals surface area contributed by atoms with E-state index in [0.717, 1.165) is 87.2 Å². The lowest BCUT2D eigenvalue weighted by molar-refractivity contribution is -0.0752. The molecule has 250 valence electrons. The lowest BCUT2D eigenvalue weighted by atomic mass is 9.61. The van der Waals surface area contributed by atoms with Gasteiger partial charge in [-0.1, -0.05) is 37.0 Å². The molecule has 0 unspecified atom stereocenters. The van der Waals surface area contributed by atoms with E-state index in [9.17, 15) is 0 Å². The molecule has 2 aromatic rings. The third-order valence-corrected chi connectivity index (χ3v) is 11.4. The van der Waals surface area contributed by atoms with Gasteiger partial charge in [0.1, 0.15) is 0 Å². The first-order valence-corrected chi connectivity index (χ1v) is 17.7. The van der Waals surface area contributed by atoms with Crippen molar-refractivity contribution in [3.05, 3.63) is 27.4 Å². The fourth-order valence-corrected chi connectivity index (χ4v) is 8.02. The molecule has 0 radical (unpaired) electrons. The predicted molar refractivity (Wildman–Crippen MR) is 189 cm³/mol. The molecular weight excluding hydrogens is 607 g/mol. The van der Waals surface area contributed by atoms with E-state index in [0.29, 0.717) is 32.8 Å². The van der Waals surface area contributed by atoms with Crippen LogP contribution in [0.1, 0.15) is 77.1 Å². The highest BCUT2D eigenvalue weighted by Gasteiger charge is 2.50. The Bertz CT molecular complexity index is 1340. The van der Waals surface area contributed by atoms with Gasteiger partial charge in [-0.2, -0.15) is 5.10 Å². The Kier molecular flexibility index (Phi) is 10.8. The Morgan fingerprint density at radius 2 is 1.69 bits per heavy atom. The van der Waals surface area contributed by atoms with Crippen LogP contribution in [-0.4, -0.2) is 103 Å². The maximum atomic E-state index is 8.07. The number of nitrogens with one attached hydrogen (secondary N) is 2. The number of aromatic nitrogens is 2. The number of piperidine rings is 1. The highest BCUT2D eigenvalue weighted by Crippen LogP contribution is 2.53. The molecule has 45 heavy (non-hydrogen) atoms. The minimum absolute atomic E-state index is 0.0151. The molecule has 11 heteroatoms. The summed E-state index contributed by atoms with van der Waals surface area (Å²) in [6.07, 6.45) is 7.04. The van der Waals surface area contributed by atoms with E-state index in [1.807, 2.05) is 13.8 Å². The summed E-state index contributed by atoms with van der Waals surface area (Å²) in [6.45, 7) is 20.7. The van der Waals surface area contributed by atoms with E-state index in [1.165, 1.54) is 38.8 Å².